The van der Waals surface area contributed by atoms with Gasteiger partial charge in [-0.05, 0) is 79.3 Å². The van der Waals surface area contributed by atoms with Crippen LogP contribution in [0.2, 0.25) is 0 Å². The van der Waals surface area contributed by atoms with Gasteiger partial charge in [-0.15, -0.1) is 32.9 Å². The number of carbonyl (C=O) groups is 1. The van der Waals surface area contributed by atoms with Crippen LogP contribution in [0.1, 0.15) is 88.1 Å². The summed E-state index contributed by atoms with van der Waals surface area (Å²) in [6.45, 7) is 8.86. The summed E-state index contributed by atoms with van der Waals surface area (Å²) in [5, 5.41) is 12.7. The number of azo groups is 1. The molecule has 0 aliphatic carbocycles. The number of esters is 1. The smallest absolute Gasteiger partial charge is 0.344 e. The van der Waals surface area contributed by atoms with E-state index in [2.05, 4.69) is 86.3 Å². The lowest BCUT2D eigenvalue weighted by atomic mass is 10.0. The van der Waals surface area contributed by atoms with E-state index >= 15 is 0 Å². The van der Waals surface area contributed by atoms with Gasteiger partial charge in [-0.3, -0.25) is 0 Å². The van der Waals surface area contributed by atoms with Gasteiger partial charge >= 0.3 is 5.97 Å². The summed E-state index contributed by atoms with van der Waals surface area (Å²) in [7, 11) is 0. The number of nitrogens with zero attached hydrogens (tertiary/aromatic N) is 3. The van der Waals surface area contributed by atoms with Crippen LogP contribution in [-0.4, -0.2) is 19.1 Å². The lowest BCUT2D eigenvalue weighted by Gasteiger charge is -2.26. The van der Waals surface area contributed by atoms with Gasteiger partial charge in [-0.2, -0.15) is 0 Å². The van der Waals surface area contributed by atoms with Gasteiger partial charge in [0.1, 0.15) is 10.8 Å². The fourth-order valence-electron chi connectivity index (χ4n) is 6.41. The normalized spacial score (nSPS) is 11.9. The fraction of sp³-hybridized carbons (Fsp3) is 0.311. The molecule has 52 heavy (non-hydrogen) atoms. The van der Waals surface area contributed by atoms with Crippen LogP contribution in [0.5, 0.6) is 5.75 Å². The first-order valence-corrected chi connectivity index (χ1v) is 20.5. The molecule has 0 saturated carbocycles. The Bertz CT molecular complexity index is 2070. The number of anilines is 1. The summed E-state index contributed by atoms with van der Waals surface area (Å²) in [4.78, 5) is 17.1. The Morgan fingerprint density at radius 2 is 1.38 bits per heavy atom. The zero-order valence-electron chi connectivity index (χ0n) is 30.6. The highest BCUT2D eigenvalue weighted by Gasteiger charge is 2.17. The van der Waals surface area contributed by atoms with E-state index in [0.717, 1.165) is 55.4 Å². The zero-order chi connectivity index (χ0) is 36.1. The molecule has 0 bridgehead atoms. The van der Waals surface area contributed by atoms with Crippen molar-refractivity contribution in [1.29, 1.82) is 0 Å². The highest BCUT2D eigenvalue weighted by molar-refractivity contribution is 7.30. The fourth-order valence-corrected chi connectivity index (χ4v) is 8.57. The lowest BCUT2D eigenvalue weighted by Crippen LogP contribution is -2.25. The van der Waals surface area contributed by atoms with Crippen molar-refractivity contribution in [3.63, 3.8) is 0 Å². The average molecular weight is 728 g/mol. The Morgan fingerprint density at radius 1 is 0.692 bits per heavy atom. The van der Waals surface area contributed by atoms with Crippen LogP contribution in [0.3, 0.4) is 0 Å². The molecule has 4 aromatic carbocycles. The topological polar surface area (TPSA) is 54.3 Å². The highest BCUT2D eigenvalue weighted by Crippen LogP contribution is 2.41. The van der Waals surface area contributed by atoms with E-state index in [4.69, 9.17) is 15.0 Å². The predicted molar refractivity (Wildman–Crippen MR) is 224 cm³/mol. The number of hydrogen-bond donors (Lipinski definition) is 0. The standard InChI is InChI=1S/C45H49N3O2S2/c1-4-7-10-12-17-33-22-24-34(25-23-33)39(45(49)50-35-18-13-11-14-19-35)30-36-31-42-43(51-36)32-44(52-42)47-46-40-26-27-41(38-21-16-15-20-37(38)40)48(28-8-5-2)29-9-6-3/h11,13-16,18-27,30-32H,4-10,12,17,28-29H2,1-3H3/b39-30-,47-46+. The van der Waals surface area contributed by atoms with E-state index in [0.29, 0.717) is 11.3 Å². The molecule has 2 heterocycles. The molecule has 0 spiro atoms. The number of carbonyl (C=O) groups excluding carboxylic acids is 1. The third-order valence-corrected chi connectivity index (χ3v) is 11.4. The number of benzene rings is 4. The van der Waals surface area contributed by atoms with Crippen molar-refractivity contribution in [2.24, 2.45) is 10.2 Å². The first-order chi connectivity index (χ1) is 25.6. The van der Waals surface area contributed by atoms with Gasteiger partial charge in [-0.1, -0.05) is 120 Å². The van der Waals surface area contributed by atoms with E-state index in [9.17, 15) is 4.79 Å². The van der Waals surface area contributed by atoms with E-state index in [-0.39, 0.29) is 5.97 Å². The van der Waals surface area contributed by atoms with Crippen LogP contribution in [-0.2, 0) is 11.2 Å². The van der Waals surface area contributed by atoms with Crippen molar-refractivity contribution < 1.29 is 9.53 Å². The molecule has 0 atom stereocenters. The van der Waals surface area contributed by atoms with Gasteiger partial charge in [0.2, 0.25) is 0 Å². The van der Waals surface area contributed by atoms with Gasteiger partial charge in [-0.25, -0.2) is 4.79 Å². The summed E-state index contributed by atoms with van der Waals surface area (Å²) in [5.41, 5.74) is 4.83. The van der Waals surface area contributed by atoms with E-state index in [1.54, 1.807) is 34.8 Å². The SMILES string of the molecule is CCCCCCc1ccc(/C(=C/c2cc3sc(/N=N/c4ccc(N(CCCC)CCCC)c5ccccc45)cc3s2)C(=O)Oc2ccccc2)cc1. The molecule has 0 unspecified atom stereocenters. The van der Waals surface area contributed by atoms with Crippen LogP contribution in [0.4, 0.5) is 16.4 Å². The number of fused-ring (bicyclic) bond motifs is 2. The van der Waals surface area contributed by atoms with Crippen LogP contribution in [0.15, 0.2) is 113 Å². The molecule has 2 aromatic heterocycles. The largest absolute Gasteiger partial charge is 0.423 e. The Kier molecular flexibility index (Phi) is 13.4. The minimum Gasteiger partial charge on any atom is -0.423 e. The second-order valence-electron chi connectivity index (χ2n) is 13.3. The number of hydrogen-bond acceptors (Lipinski definition) is 7. The molecule has 0 aliphatic heterocycles. The van der Waals surface area contributed by atoms with Crippen LogP contribution < -0.4 is 9.64 Å². The summed E-state index contributed by atoms with van der Waals surface area (Å²) < 4.78 is 8.06. The van der Waals surface area contributed by atoms with Crippen molar-refractivity contribution in [3.8, 4) is 5.75 Å². The highest BCUT2D eigenvalue weighted by atomic mass is 32.1. The average Bonchev–Trinajstić information content (AvgIpc) is 3.74. The Hall–Kier alpha value is -4.59. The van der Waals surface area contributed by atoms with E-state index in [1.807, 2.05) is 36.4 Å². The maximum absolute atomic E-state index is 13.6. The maximum atomic E-state index is 13.6. The number of thiophene rings is 2. The number of rotatable bonds is 18. The second kappa shape index (κ2) is 18.8. The molecular weight excluding hydrogens is 679 g/mol. The van der Waals surface area contributed by atoms with Crippen LogP contribution in [0, 0.1) is 0 Å². The molecule has 0 radical (unpaired) electrons. The monoisotopic (exact) mass is 727 g/mol. The third kappa shape index (κ3) is 9.64. The molecule has 0 aliphatic rings. The lowest BCUT2D eigenvalue weighted by molar-refractivity contribution is -0.127. The van der Waals surface area contributed by atoms with Crippen molar-refractivity contribution in [3.05, 3.63) is 119 Å². The molecule has 0 fully saturated rings. The molecule has 6 aromatic rings. The molecular formula is C45H49N3O2S2. The number of unbranched alkanes of at least 4 members (excludes halogenated alkanes) is 5. The predicted octanol–water partition coefficient (Wildman–Crippen LogP) is 14.2. The van der Waals surface area contributed by atoms with Gasteiger partial charge in [0.25, 0.3) is 0 Å². The van der Waals surface area contributed by atoms with E-state index in [1.165, 1.54) is 68.0 Å². The van der Waals surface area contributed by atoms with Gasteiger partial charge in [0.05, 0.1) is 11.3 Å². The van der Waals surface area contributed by atoms with Crippen molar-refractivity contribution in [2.45, 2.75) is 78.6 Å². The maximum Gasteiger partial charge on any atom is 0.344 e. The molecule has 7 heteroatoms. The van der Waals surface area contributed by atoms with Gasteiger partial charge < -0.3 is 9.64 Å². The molecule has 0 saturated heterocycles. The summed E-state index contributed by atoms with van der Waals surface area (Å²) in [6.07, 6.45) is 12.6. The molecule has 0 amide bonds. The van der Waals surface area contributed by atoms with Crippen LogP contribution in [0.25, 0.3) is 31.8 Å². The van der Waals surface area contributed by atoms with Crippen molar-refractivity contribution >= 4 is 76.8 Å². The van der Waals surface area contributed by atoms with E-state index < -0.39 is 0 Å². The van der Waals surface area contributed by atoms with Crippen molar-refractivity contribution in [1.82, 2.24) is 0 Å². The third-order valence-electron chi connectivity index (χ3n) is 9.30. The first-order valence-electron chi connectivity index (χ1n) is 18.9. The zero-order valence-corrected chi connectivity index (χ0v) is 32.3. The number of para-hydroxylation sites is 1. The summed E-state index contributed by atoms with van der Waals surface area (Å²) in [5.74, 6) is 0.158. The minimum absolute atomic E-state index is 0.370. The summed E-state index contributed by atoms with van der Waals surface area (Å²) >= 11 is 3.26. The van der Waals surface area contributed by atoms with Gasteiger partial charge in [0, 0.05) is 43.8 Å². The van der Waals surface area contributed by atoms with Gasteiger partial charge in [0.15, 0.2) is 0 Å². The molecule has 6 rings (SSSR count). The number of ether oxygens (including phenoxy) is 1. The van der Waals surface area contributed by atoms with Crippen molar-refractivity contribution in [2.75, 3.05) is 18.0 Å². The molecule has 0 N–H and O–H groups in total. The second-order valence-corrected chi connectivity index (χ2v) is 15.5. The summed E-state index contributed by atoms with van der Waals surface area (Å²) in [6, 6.07) is 34.7. The Balaban J connectivity index is 1.24. The van der Waals surface area contributed by atoms with Crippen LogP contribution >= 0.6 is 22.7 Å². The Labute approximate surface area is 316 Å². The molecule has 268 valence electrons. The number of aryl methyl sites for hydroxylation is 1. The molecule has 5 nitrogen and oxygen atoms in total. The Morgan fingerprint density at radius 3 is 2.10 bits per heavy atom. The quantitative estimate of drug-likeness (QED) is 0.0291. The first kappa shape index (κ1) is 37.2. The minimum atomic E-state index is -0.370.